The van der Waals surface area contributed by atoms with Gasteiger partial charge >= 0.3 is 0 Å². The number of benzene rings is 1. The summed E-state index contributed by atoms with van der Waals surface area (Å²) in [5.41, 5.74) is 7.90. The van der Waals surface area contributed by atoms with Crippen molar-refractivity contribution < 1.29 is 0 Å². The second-order valence-corrected chi connectivity index (χ2v) is 3.82. The second kappa shape index (κ2) is 3.95. The third-order valence-electron chi connectivity index (χ3n) is 2.80. The van der Waals surface area contributed by atoms with Crippen LogP contribution >= 0.6 is 0 Å². The van der Waals surface area contributed by atoms with Crippen LogP contribution in [0, 0.1) is 0 Å². The Bertz CT molecular complexity index is 627. The van der Waals surface area contributed by atoms with Crippen LogP contribution < -0.4 is 5.73 Å². The van der Waals surface area contributed by atoms with Crippen molar-refractivity contribution in [2.24, 2.45) is 5.73 Å². The molecular formula is C12H11N5. The van der Waals surface area contributed by atoms with E-state index in [0.29, 0.717) is 0 Å². The Balaban J connectivity index is 2.17. The number of aromatic nitrogens is 4. The number of nitrogens with one attached hydrogen (secondary N) is 1. The van der Waals surface area contributed by atoms with Crippen molar-refractivity contribution in [1.82, 2.24) is 20.4 Å². The molecular weight excluding hydrogens is 214 g/mol. The highest BCUT2D eigenvalue weighted by Gasteiger charge is 2.14. The van der Waals surface area contributed by atoms with Crippen LogP contribution in [-0.4, -0.2) is 20.4 Å². The van der Waals surface area contributed by atoms with E-state index in [1.807, 2.05) is 30.5 Å². The molecule has 0 aliphatic heterocycles. The Labute approximate surface area is 97.7 Å². The molecule has 1 aromatic carbocycles. The molecule has 84 valence electrons. The highest BCUT2D eigenvalue weighted by atomic mass is 15.3. The largest absolute Gasteiger partial charge is 0.319 e. The molecule has 2 heterocycles. The van der Waals surface area contributed by atoms with Crippen molar-refractivity contribution in [2.75, 3.05) is 0 Å². The van der Waals surface area contributed by atoms with E-state index in [-0.39, 0.29) is 6.04 Å². The predicted molar refractivity (Wildman–Crippen MR) is 64.2 cm³/mol. The predicted octanol–water partition coefficient (Wildman–Crippen LogP) is 1.40. The van der Waals surface area contributed by atoms with Gasteiger partial charge in [-0.05, 0) is 17.0 Å². The summed E-state index contributed by atoms with van der Waals surface area (Å²) in [6.45, 7) is 0. The maximum absolute atomic E-state index is 6.18. The molecule has 3 aromatic rings. The Morgan fingerprint density at radius 2 is 2.12 bits per heavy atom. The topological polar surface area (TPSA) is 80.5 Å². The number of nitrogens with zero attached hydrogens (tertiary/aromatic N) is 3. The minimum Gasteiger partial charge on any atom is -0.319 e. The molecule has 17 heavy (non-hydrogen) atoms. The highest BCUT2D eigenvalue weighted by molar-refractivity contribution is 5.85. The van der Waals surface area contributed by atoms with Crippen molar-refractivity contribution >= 4 is 10.8 Å². The van der Waals surface area contributed by atoms with Crippen LogP contribution in [-0.2, 0) is 0 Å². The molecule has 3 rings (SSSR count). The first-order chi connectivity index (χ1) is 8.36. The fourth-order valence-electron chi connectivity index (χ4n) is 1.93. The maximum Gasteiger partial charge on any atom is 0.104 e. The van der Waals surface area contributed by atoms with Crippen molar-refractivity contribution in [3.63, 3.8) is 0 Å². The molecule has 0 bridgehead atoms. The molecule has 5 heteroatoms. The number of nitrogens with two attached hydrogens (primary N) is 1. The van der Waals surface area contributed by atoms with Crippen LogP contribution in [0.3, 0.4) is 0 Å². The van der Waals surface area contributed by atoms with Gasteiger partial charge in [0.15, 0.2) is 0 Å². The number of rotatable bonds is 2. The summed E-state index contributed by atoms with van der Waals surface area (Å²) in [6, 6.07) is 7.69. The van der Waals surface area contributed by atoms with Crippen LogP contribution in [0.2, 0.25) is 0 Å². The molecule has 0 spiro atoms. The van der Waals surface area contributed by atoms with E-state index in [0.717, 1.165) is 22.0 Å². The van der Waals surface area contributed by atoms with E-state index in [9.17, 15) is 0 Å². The molecule has 5 nitrogen and oxygen atoms in total. The molecule has 0 aliphatic carbocycles. The minimum absolute atomic E-state index is 0.290. The van der Waals surface area contributed by atoms with Gasteiger partial charge in [0.05, 0.1) is 12.2 Å². The first-order valence-electron chi connectivity index (χ1n) is 5.30. The van der Waals surface area contributed by atoms with Crippen molar-refractivity contribution in [3.8, 4) is 0 Å². The summed E-state index contributed by atoms with van der Waals surface area (Å²) >= 11 is 0. The summed E-state index contributed by atoms with van der Waals surface area (Å²) in [7, 11) is 0. The first-order valence-corrected chi connectivity index (χ1v) is 5.30. The van der Waals surface area contributed by atoms with Gasteiger partial charge in [-0.25, -0.2) is 0 Å². The average Bonchev–Trinajstić information content (AvgIpc) is 2.91. The fourth-order valence-corrected chi connectivity index (χ4v) is 1.93. The van der Waals surface area contributed by atoms with Gasteiger partial charge in [0.25, 0.3) is 0 Å². The third-order valence-corrected chi connectivity index (χ3v) is 2.80. The molecule has 2 aromatic heterocycles. The summed E-state index contributed by atoms with van der Waals surface area (Å²) in [5, 5.41) is 12.5. The Kier molecular flexibility index (Phi) is 2.31. The number of pyridine rings is 1. The Morgan fingerprint density at radius 1 is 1.18 bits per heavy atom. The standard InChI is InChI=1S/C12H11N5/c13-12(11-7-15-17-16-11)9-3-1-2-8-4-5-14-6-10(8)9/h1-7,12H,13H2,(H,15,16,17). The van der Waals surface area contributed by atoms with E-state index in [1.54, 1.807) is 12.4 Å². The van der Waals surface area contributed by atoms with Crippen LogP contribution in [0.25, 0.3) is 10.8 Å². The van der Waals surface area contributed by atoms with Crippen molar-refractivity contribution in [3.05, 3.63) is 54.1 Å². The normalized spacial score (nSPS) is 12.8. The van der Waals surface area contributed by atoms with Gasteiger partial charge in [0, 0.05) is 17.8 Å². The second-order valence-electron chi connectivity index (χ2n) is 3.82. The Hall–Kier alpha value is -2.27. The van der Waals surface area contributed by atoms with Gasteiger partial charge in [-0.3, -0.25) is 4.98 Å². The van der Waals surface area contributed by atoms with Crippen LogP contribution in [0.15, 0.2) is 42.9 Å². The van der Waals surface area contributed by atoms with Crippen LogP contribution in [0.5, 0.6) is 0 Å². The SMILES string of the molecule is NC(c1cn[nH]n1)c1cccc2ccncc12. The number of H-pyrrole nitrogens is 1. The molecule has 1 unspecified atom stereocenters. The summed E-state index contributed by atoms with van der Waals surface area (Å²) in [4.78, 5) is 4.14. The number of hydrogen-bond donors (Lipinski definition) is 2. The maximum atomic E-state index is 6.18. The lowest BCUT2D eigenvalue weighted by Crippen LogP contribution is -2.12. The van der Waals surface area contributed by atoms with E-state index in [1.165, 1.54) is 0 Å². The van der Waals surface area contributed by atoms with E-state index in [4.69, 9.17) is 5.73 Å². The monoisotopic (exact) mass is 225 g/mol. The summed E-state index contributed by atoms with van der Waals surface area (Å²) < 4.78 is 0. The van der Waals surface area contributed by atoms with Crippen LogP contribution in [0.4, 0.5) is 0 Å². The van der Waals surface area contributed by atoms with Gasteiger partial charge in [-0.15, -0.1) is 0 Å². The summed E-state index contributed by atoms with van der Waals surface area (Å²) in [5.74, 6) is 0. The zero-order valence-electron chi connectivity index (χ0n) is 9.04. The van der Waals surface area contributed by atoms with Crippen LogP contribution in [0.1, 0.15) is 17.3 Å². The zero-order valence-corrected chi connectivity index (χ0v) is 9.04. The van der Waals surface area contributed by atoms with Crippen molar-refractivity contribution in [1.29, 1.82) is 0 Å². The van der Waals surface area contributed by atoms with Crippen molar-refractivity contribution in [2.45, 2.75) is 6.04 Å². The molecule has 0 aliphatic rings. The highest BCUT2D eigenvalue weighted by Crippen LogP contribution is 2.25. The molecule has 0 amide bonds. The fraction of sp³-hybridized carbons (Fsp3) is 0.0833. The molecule has 0 saturated carbocycles. The van der Waals surface area contributed by atoms with Gasteiger partial charge in [-0.2, -0.15) is 15.4 Å². The lowest BCUT2D eigenvalue weighted by Gasteiger charge is -2.11. The van der Waals surface area contributed by atoms with Gasteiger partial charge < -0.3 is 5.73 Å². The third kappa shape index (κ3) is 1.66. The lowest BCUT2D eigenvalue weighted by molar-refractivity contribution is 0.815. The first kappa shape index (κ1) is 9.92. The van der Waals surface area contributed by atoms with Gasteiger partial charge in [-0.1, -0.05) is 18.2 Å². The average molecular weight is 225 g/mol. The lowest BCUT2D eigenvalue weighted by atomic mass is 9.99. The molecule has 3 N–H and O–H groups in total. The van der Waals surface area contributed by atoms with Gasteiger partial charge in [0.1, 0.15) is 5.69 Å². The zero-order chi connectivity index (χ0) is 11.7. The summed E-state index contributed by atoms with van der Waals surface area (Å²) in [6.07, 6.45) is 5.23. The minimum atomic E-state index is -0.290. The molecule has 0 saturated heterocycles. The number of hydrogen-bond acceptors (Lipinski definition) is 4. The molecule has 0 radical (unpaired) electrons. The molecule has 1 atom stereocenters. The van der Waals surface area contributed by atoms with E-state index < -0.39 is 0 Å². The van der Waals surface area contributed by atoms with E-state index in [2.05, 4.69) is 20.4 Å². The molecule has 0 fully saturated rings. The number of fused-ring (bicyclic) bond motifs is 1. The smallest absolute Gasteiger partial charge is 0.104 e. The number of aromatic amines is 1. The quantitative estimate of drug-likeness (QED) is 0.690. The van der Waals surface area contributed by atoms with E-state index >= 15 is 0 Å². The Morgan fingerprint density at radius 3 is 2.94 bits per heavy atom. The van der Waals surface area contributed by atoms with Gasteiger partial charge in [0.2, 0.25) is 0 Å².